The maximum atomic E-state index is 11.7. The predicted octanol–water partition coefficient (Wildman–Crippen LogP) is -0.511. The van der Waals surface area contributed by atoms with Crippen molar-refractivity contribution in [3.8, 4) is 5.69 Å². The van der Waals surface area contributed by atoms with Gasteiger partial charge in [0, 0.05) is 18.8 Å². The number of carbonyl (C=O) groups excluding carboxylic acids is 1. The van der Waals surface area contributed by atoms with Gasteiger partial charge in [-0.2, -0.15) is 0 Å². The fourth-order valence-electron chi connectivity index (χ4n) is 1.77. The maximum Gasteiger partial charge on any atom is 0.332 e. The summed E-state index contributed by atoms with van der Waals surface area (Å²) in [6.45, 7) is 2.18. The van der Waals surface area contributed by atoms with Crippen LogP contribution in [0.5, 0.6) is 0 Å². The quantitative estimate of drug-likeness (QED) is 0.688. The van der Waals surface area contributed by atoms with Gasteiger partial charge in [-0.3, -0.25) is 19.1 Å². The number of aromatic nitrogens is 2. The summed E-state index contributed by atoms with van der Waals surface area (Å²) in [7, 11) is 0. The molecule has 2 rings (SSSR count). The van der Waals surface area contributed by atoms with E-state index in [1.54, 1.807) is 19.1 Å². The number of rotatable bonds is 5. The number of hydrogen-bond acceptors (Lipinski definition) is 4. The molecule has 2 aromatic rings. The van der Waals surface area contributed by atoms with Crippen LogP contribution in [0.4, 0.5) is 0 Å². The van der Waals surface area contributed by atoms with E-state index in [0.29, 0.717) is 12.2 Å². The average Bonchev–Trinajstić information content (AvgIpc) is 2.45. The van der Waals surface area contributed by atoms with E-state index in [0.717, 1.165) is 5.56 Å². The van der Waals surface area contributed by atoms with Crippen LogP contribution < -0.4 is 22.3 Å². The lowest BCUT2D eigenvalue weighted by Gasteiger charge is -2.10. The van der Waals surface area contributed by atoms with Crippen molar-refractivity contribution in [2.75, 3.05) is 0 Å². The normalized spacial score (nSPS) is 12.0. The van der Waals surface area contributed by atoms with Gasteiger partial charge in [-0.15, -0.1) is 0 Å². The van der Waals surface area contributed by atoms with Gasteiger partial charge in [0.1, 0.15) is 0 Å². The van der Waals surface area contributed by atoms with Crippen molar-refractivity contribution in [2.45, 2.75) is 19.5 Å². The molecule has 7 nitrogen and oxygen atoms in total. The molecule has 0 radical (unpaired) electrons. The van der Waals surface area contributed by atoms with Gasteiger partial charge in [0.2, 0.25) is 5.91 Å². The van der Waals surface area contributed by atoms with E-state index in [9.17, 15) is 14.4 Å². The number of nitrogens with zero attached hydrogens (tertiary/aromatic N) is 1. The van der Waals surface area contributed by atoms with Gasteiger partial charge < -0.3 is 11.1 Å². The molecule has 0 fully saturated rings. The topological polar surface area (TPSA) is 110 Å². The third kappa shape index (κ3) is 3.67. The summed E-state index contributed by atoms with van der Waals surface area (Å²) >= 11 is 0. The number of nitrogens with two attached hydrogens (primary N) is 1. The molecule has 0 spiro atoms. The first-order valence-corrected chi connectivity index (χ1v) is 6.41. The van der Waals surface area contributed by atoms with Crippen LogP contribution in [0.2, 0.25) is 0 Å². The molecule has 1 aromatic heterocycles. The molecule has 21 heavy (non-hydrogen) atoms. The first kappa shape index (κ1) is 14.7. The minimum Gasteiger partial charge on any atom is -0.368 e. The third-order valence-corrected chi connectivity index (χ3v) is 3.08. The highest BCUT2D eigenvalue weighted by atomic mass is 16.2. The predicted molar refractivity (Wildman–Crippen MR) is 78.2 cm³/mol. The Balaban J connectivity index is 2.13. The molecule has 110 valence electrons. The molecule has 1 unspecified atom stereocenters. The Morgan fingerprint density at radius 1 is 1.29 bits per heavy atom. The zero-order valence-electron chi connectivity index (χ0n) is 11.5. The van der Waals surface area contributed by atoms with Crippen LogP contribution in [0.1, 0.15) is 12.5 Å². The fourth-order valence-corrected chi connectivity index (χ4v) is 1.77. The first-order chi connectivity index (χ1) is 9.97. The van der Waals surface area contributed by atoms with Crippen molar-refractivity contribution in [2.24, 2.45) is 5.73 Å². The van der Waals surface area contributed by atoms with Gasteiger partial charge in [-0.1, -0.05) is 12.1 Å². The van der Waals surface area contributed by atoms with Crippen molar-refractivity contribution in [3.63, 3.8) is 0 Å². The molecule has 0 aliphatic rings. The van der Waals surface area contributed by atoms with Gasteiger partial charge in [-0.05, 0) is 24.6 Å². The summed E-state index contributed by atoms with van der Waals surface area (Å²) in [5, 5.41) is 2.99. The average molecular weight is 288 g/mol. The SMILES string of the molecule is CC(NCc1ccc(-n2ccc(=O)[nH]c2=O)cc1)C(N)=O. The molecular weight excluding hydrogens is 272 g/mol. The Bertz CT molecular complexity index is 746. The summed E-state index contributed by atoms with van der Waals surface area (Å²) in [6.07, 6.45) is 1.42. The van der Waals surface area contributed by atoms with E-state index >= 15 is 0 Å². The van der Waals surface area contributed by atoms with Crippen molar-refractivity contribution in [1.29, 1.82) is 0 Å². The van der Waals surface area contributed by atoms with Gasteiger partial charge in [0.05, 0.1) is 11.7 Å². The number of carbonyl (C=O) groups is 1. The molecule has 1 amide bonds. The van der Waals surface area contributed by atoms with Gasteiger partial charge in [0.25, 0.3) is 5.56 Å². The molecule has 1 atom stereocenters. The Kier molecular flexibility index (Phi) is 4.34. The monoisotopic (exact) mass is 288 g/mol. The molecule has 0 saturated heterocycles. The molecule has 0 bridgehead atoms. The molecule has 1 aromatic carbocycles. The number of H-pyrrole nitrogens is 1. The lowest BCUT2D eigenvalue weighted by molar-refractivity contribution is -0.119. The van der Waals surface area contributed by atoms with Gasteiger partial charge in [-0.25, -0.2) is 4.79 Å². The molecule has 1 heterocycles. The number of amides is 1. The van der Waals surface area contributed by atoms with Crippen LogP contribution in [0.3, 0.4) is 0 Å². The highest BCUT2D eigenvalue weighted by Crippen LogP contribution is 2.07. The maximum absolute atomic E-state index is 11.7. The Hall–Kier alpha value is -2.67. The minimum absolute atomic E-state index is 0.411. The molecule has 4 N–H and O–H groups in total. The lowest BCUT2D eigenvalue weighted by Crippen LogP contribution is -2.38. The molecule has 0 saturated carbocycles. The van der Waals surface area contributed by atoms with Crippen molar-refractivity contribution >= 4 is 5.91 Å². The van der Waals surface area contributed by atoms with Crippen LogP contribution in [-0.2, 0) is 11.3 Å². The number of aromatic amines is 1. The van der Waals surface area contributed by atoms with Crippen LogP contribution in [0, 0.1) is 0 Å². The molecule has 0 aliphatic carbocycles. The number of primary amides is 1. The van der Waals surface area contributed by atoms with E-state index in [1.165, 1.54) is 16.8 Å². The van der Waals surface area contributed by atoms with E-state index in [2.05, 4.69) is 10.3 Å². The van der Waals surface area contributed by atoms with E-state index in [4.69, 9.17) is 5.73 Å². The van der Waals surface area contributed by atoms with Crippen LogP contribution in [0.15, 0.2) is 46.1 Å². The summed E-state index contributed by atoms with van der Waals surface area (Å²) in [5.74, 6) is -0.411. The summed E-state index contributed by atoms with van der Waals surface area (Å²) in [4.78, 5) is 35.8. The van der Waals surface area contributed by atoms with E-state index in [-0.39, 0.29) is 0 Å². The zero-order valence-corrected chi connectivity index (χ0v) is 11.5. The number of nitrogens with one attached hydrogen (secondary N) is 2. The standard InChI is InChI=1S/C14H16N4O3/c1-9(13(15)20)16-8-10-2-4-11(5-3-10)18-7-6-12(19)17-14(18)21/h2-7,9,16H,8H2,1H3,(H2,15,20)(H,17,19,21). The summed E-state index contributed by atoms with van der Waals surface area (Å²) < 4.78 is 1.34. The van der Waals surface area contributed by atoms with Crippen LogP contribution in [-0.4, -0.2) is 21.5 Å². The van der Waals surface area contributed by atoms with Gasteiger partial charge >= 0.3 is 5.69 Å². The van der Waals surface area contributed by atoms with Crippen LogP contribution >= 0.6 is 0 Å². The van der Waals surface area contributed by atoms with E-state index in [1.807, 2.05) is 12.1 Å². The summed E-state index contributed by atoms with van der Waals surface area (Å²) in [6, 6.07) is 8.04. The lowest BCUT2D eigenvalue weighted by atomic mass is 10.2. The Morgan fingerprint density at radius 2 is 1.95 bits per heavy atom. The highest BCUT2D eigenvalue weighted by Gasteiger charge is 2.07. The second kappa shape index (κ2) is 6.19. The second-order valence-corrected chi connectivity index (χ2v) is 4.65. The Labute approximate surface area is 120 Å². The van der Waals surface area contributed by atoms with Crippen molar-refractivity contribution < 1.29 is 4.79 Å². The van der Waals surface area contributed by atoms with Crippen molar-refractivity contribution in [3.05, 3.63) is 62.9 Å². The summed E-state index contributed by atoms with van der Waals surface area (Å²) in [5.41, 5.74) is 5.83. The van der Waals surface area contributed by atoms with Crippen LogP contribution in [0.25, 0.3) is 5.69 Å². The van der Waals surface area contributed by atoms with Crippen molar-refractivity contribution in [1.82, 2.24) is 14.9 Å². The van der Waals surface area contributed by atoms with Gasteiger partial charge in [0.15, 0.2) is 0 Å². The molecular formula is C14H16N4O3. The van der Waals surface area contributed by atoms with E-state index < -0.39 is 23.2 Å². The fraction of sp³-hybridized carbons (Fsp3) is 0.214. The highest BCUT2D eigenvalue weighted by molar-refractivity contribution is 5.79. The molecule has 0 aliphatic heterocycles. The second-order valence-electron chi connectivity index (χ2n) is 4.65. The Morgan fingerprint density at radius 3 is 2.52 bits per heavy atom. The zero-order chi connectivity index (χ0) is 15.4. The first-order valence-electron chi connectivity index (χ1n) is 6.41. The minimum atomic E-state index is -0.490. The smallest absolute Gasteiger partial charge is 0.332 e. The molecule has 7 heteroatoms. The number of benzene rings is 1. The third-order valence-electron chi connectivity index (χ3n) is 3.08. The largest absolute Gasteiger partial charge is 0.368 e. The number of hydrogen-bond donors (Lipinski definition) is 3.